The predicted octanol–water partition coefficient (Wildman–Crippen LogP) is 6.20. The maximum atomic E-state index is 12.7. The molecule has 0 bridgehead atoms. The second kappa shape index (κ2) is 14.6. The Morgan fingerprint density at radius 2 is 1.63 bits per heavy atom. The standard InChI is InChI=1S/C36H38N4O5S/c1-36(2,38-23-34(41)30-12-9-13-31(22-30)39-46(43,44)32-14-7-4-8-15-32)20-21-40-24-33(37-26-40)28-16-18-29(19-17-28)35(42)45-25-27-10-5-3-6-11-27/h3-19,22,24,26,34,38-39,41H,20-21,23,25H2,1-2H3/t34-/m0/s1. The van der Waals surface area contributed by atoms with E-state index in [-0.39, 0.29) is 29.6 Å². The zero-order valence-corrected chi connectivity index (χ0v) is 26.7. The quantitative estimate of drug-likeness (QED) is 0.124. The van der Waals surface area contributed by atoms with Gasteiger partial charge in [-0.05, 0) is 67.8 Å². The Hall–Kier alpha value is -4.77. The lowest BCUT2D eigenvalue weighted by molar-refractivity contribution is 0.0472. The van der Waals surface area contributed by atoms with Crippen molar-refractivity contribution in [1.29, 1.82) is 0 Å². The number of anilines is 1. The van der Waals surface area contributed by atoms with E-state index >= 15 is 0 Å². The van der Waals surface area contributed by atoms with Crippen molar-refractivity contribution < 1.29 is 23.1 Å². The van der Waals surface area contributed by atoms with Crippen LogP contribution in [0.5, 0.6) is 0 Å². The van der Waals surface area contributed by atoms with Crippen molar-refractivity contribution in [2.75, 3.05) is 11.3 Å². The van der Waals surface area contributed by atoms with Crippen LogP contribution in [0.25, 0.3) is 11.3 Å². The highest BCUT2D eigenvalue weighted by molar-refractivity contribution is 7.92. The molecule has 0 amide bonds. The molecule has 5 aromatic rings. The Bertz CT molecular complexity index is 1840. The molecule has 0 unspecified atom stereocenters. The Balaban J connectivity index is 1.10. The molecule has 0 saturated heterocycles. The summed E-state index contributed by atoms with van der Waals surface area (Å²) in [6.45, 7) is 5.35. The highest BCUT2D eigenvalue weighted by Crippen LogP contribution is 2.23. The molecular weight excluding hydrogens is 600 g/mol. The van der Waals surface area contributed by atoms with E-state index in [1.54, 1.807) is 60.9 Å². The molecule has 0 aliphatic heterocycles. The molecule has 0 aliphatic carbocycles. The molecule has 0 radical (unpaired) electrons. The van der Waals surface area contributed by atoms with Crippen LogP contribution < -0.4 is 10.0 Å². The molecule has 1 heterocycles. The fourth-order valence-corrected chi connectivity index (χ4v) is 5.90. The number of sulfonamides is 1. The second-order valence-electron chi connectivity index (χ2n) is 11.7. The van der Waals surface area contributed by atoms with E-state index in [1.807, 2.05) is 53.2 Å². The van der Waals surface area contributed by atoms with Gasteiger partial charge >= 0.3 is 5.97 Å². The fraction of sp³-hybridized carbons (Fsp3) is 0.222. The van der Waals surface area contributed by atoms with Crippen LogP contribution in [0.1, 0.15) is 47.9 Å². The number of aromatic nitrogens is 2. The Morgan fingerprint density at radius 1 is 0.935 bits per heavy atom. The summed E-state index contributed by atoms with van der Waals surface area (Å²) in [6.07, 6.45) is 3.68. The summed E-state index contributed by atoms with van der Waals surface area (Å²) in [5.74, 6) is -0.374. The van der Waals surface area contributed by atoms with Gasteiger partial charge in [-0.3, -0.25) is 4.72 Å². The third-order valence-corrected chi connectivity index (χ3v) is 9.01. The fourth-order valence-electron chi connectivity index (χ4n) is 4.83. The predicted molar refractivity (Wildman–Crippen MR) is 179 cm³/mol. The third kappa shape index (κ3) is 8.91. The first-order valence-electron chi connectivity index (χ1n) is 15.0. The lowest BCUT2D eigenvalue weighted by Crippen LogP contribution is -2.42. The average Bonchev–Trinajstić information content (AvgIpc) is 3.55. The van der Waals surface area contributed by atoms with Crippen LogP contribution >= 0.6 is 0 Å². The summed E-state index contributed by atoms with van der Waals surface area (Å²) in [6, 6.07) is 31.7. The highest BCUT2D eigenvalue weighted by atomic mass is 32.2. The van der Waals surface area contributed by atoms with Gasteiger partial charge in [-0.25, -0.2) is 18.2 Å². The number of rotatable bonds is 14. The number of esters is 1. The lowest BCUT2D eigenvalue weighted by atomic mass is 9.99. The third-order valence-electron chi connectivity index (χ3n) is 7.61. The van der Waals surface area contributed by atoms with E-state index in [9.17, 15) is 18.3 Å². The molecule has 46 heavy (non-hydrogen) atoms. The van der Waals surface area contributed by atoms with Gasteiger partial charge in [0.2, 0.25) is 0 Å². The van der Waals surface area contributed by atoms with E-state index in [0.717, 1.165) is 23.2 Å². The van der Waals surface area contributed by atoms with E-state index in [4.69, 9.17) is 4.74 Å². The van der Waals surface area contributed by atoms with Crippen molar-refractivity contribution in [3.63, 3.8) is 0 Å². The molecule has 1 aromatic heterocycles. The van der Waals surface area contributed by atoms with E-state index in [2.05, 4.69) is 28.9 Å². The molecule has 9 nitrogen and oxygen atoms in total. The van der Waals surface area contributed by atoms with Crippen molar-refractivity contribution in [2.45, 2.75) is 50.0 Å². The molecule has 238 valence electrons. The monoisotopic (exact) mass is 638 g/mol. The van der Waals surface area contributed by atoms with Gasteiger partial charge in [0, 0.05) is 36.1 Å². The topological polar surface area (TPSA) is 123 Å². The van der Waals surface area contributed by atoms with Gasteiger partial charge in [-0.2, -0.15) is 0 Å². The Kier molecular flexibility index (Phi) is 10.3. The Morgan fingerprint density at radius 3 is 2.35 bits per heavy atom. The minimum atomic E-state index is -3.73. The normalized spacial score (nSPS) is 12.4. The number of benzene rings is 4. The molecule has 3 N–H and O–H groups in total. The van der Waals surface area contributed by atoms with E-state index < -0.39 is 16.1 Å². The van der Waals surface area contributed by atoms with Gasteiger partial charge in [-0.1, -0.05) is 72.8 Å². The van der Waals surface area contributed by atoms with Crippen LogP contribution in [0.4, 0.5) is 5.69 Å². The molecule has 0 spiro atoms. The van der Waals surface area contributed by atoms with Crippen LogP contribution in [0.3, 0.4) is 0 Å². The number of nitrogens with one attached hydrogen (secondary N) is 2. The number of β-amino-alcohol motifs (C(OH)–C–C–N with tert-alkyl or cyclic N) is 1. The van der Waals surface area contributed by atoms with Gasteiger partial charge in [0.1, 0.15) is 6.61 Å². The first-order chi connectivity index (χ1) is 22.1. The van der Waals surface area contributed by atoms with Crippen molar-refractivity contribution in [3.05, 3.63) is 138 Å². The first kappa shape index (κ1) is 32.6. The number of hydrogen-bond donors (Lipinski definition) is 3. The number of aryl methyl sites for hydroxylation is 1. The Labute approximate surface area is 270 Å². The number of aliphatic hydroxyl groups excluding tert-OH is 1. The van der Waals surface area contributed by atoms with E-state index in [1.165, 1.54) is 12.1 Å². The van der Waals surface area contributed by atoms with Crippen molar-refractivity contribution in [3.8, 4) is 11.3 Å². The largest absolute Gasteiger partial charge is 0.457 e. The van der Waals surface area contributed by atoms with Crippen molar-refractivity contribution in [2.24, 2.45) is 0 Å². The zero-order valence-electron chi connectivity index (χ0n) is 25.8. The smallest absolute Gasteiger partial charge is 0.338 e. The molecular formula is C36H38N4O5S. The van der Waals surface area contributed by atoms with Crippen LogP contribution in [0, 0.1) is 0 Å². The van der Waals surface area contributed by atoms with Gasteiger partial charge < -0.3 is 19.7 Å². The summed E-state index contributed by atoms with van der Waals surface area (Å²) < 4.78 is 35.4. The number of imidazole rings is 1. The van der Waals surface area contributed by atoms with Gasteiger partial charge in [0.15, 0.2) is 0 Å². The molecule has 5 rings (SSSR count). The number of ether oxygens (including phenoxy) is 1. The van der Waals surface area contributed by atoms with Crippen LogP contribution in [0.15, 0.2) is 127 Å². The van der Waals surface area contributed by atoms with Gasteiger partial charge in [0.25, 0.3) is 10.0 Å². The lowest BCUT2D eigenvalue weighted by Gasteiger charge is -2.28. The number of carbonyl (C=O) groups excluding carboxylic acids is 1. The zero-order chi connectivity index (χ0) is 32.6. The summed E-state index contributed by atoms with van der Waals surface area (Å²) in [7, 11) is -3.73. The highest BCUT2D eigenvalue weighted by Gasteiger charge is 2.20. The summed E-state index contributed by atoms with van der Waals surface area (Å²) in [4.78, 5) is 17.2. The maximum Gasteiger partial charge on any atom is 0.338 e. The first-order valence-corrected chi connectivity index (χ1v) is 16.5. The number of hydrogen-bond acceptors (Lipinski definition) is 7. The minimum absolute atomic E-state index is 0.170. The van der Waals surface area contributed by atoms with Crippen molar-refractivity contribution in [1.82, 2.24) is 14.9 Å². The summed E-state index contributed by atoms with van der Waals surface area (Å²) >= 11 is 0. The van der Waals surface area contributed by atoms with Crippen LogP contribution in [-0.2, 0) is 27.9 Å². The maximum absolute atomic E-state index is 12.7. The SMILES string of the molecule is CC(C)(CCn1cnc(-c2ccc(C(=O)OCc3ccccc3)cc2)c1)NC[C@H](O)c1cccc(NS(=O)(=O)c2ccccc2)c1. The molecule has 0 saturated carbocycles. The summed E-state index contributed by atoms with van der Waals surface area (Å²) in [5.41, 5.74) is 3.79. The molecule has 0 aliphatic rings. The molecule has 1 atom stereocenters. The number of carbonyl (C=O) groups is 1. The van der Waals surface area contributed by atoms with Gasteiger partial charge in [-0.15, -0.1) is 0 Å². The number of nitrogens with zero attached hydrogens (tertiary/aromatic N) is 2. The molecule has 10 heteroatoms. The second-order valence-corrected chi connectivity index (χ2v) is 13.4. The van der Waals surface area contributed by atoms with Crippen LogP contribution in [0.2, 0.25) is 0 Å². The number of aliphatic hydroxyl groups is 1. The summed E-state index contributed by atoms with van der Waals surface area (Å²) in [5, 5.41) is 14.3. The van der Waals surface area contributed by atoms with Crippen molar-refractivity contribution >= 4 is 21.7 Å². The average molecular weight is 639 g/mol. The van der Waals surface area contributed by atoms with Gasteiger partial charge in [0.05, 0.1) is 28.6 Å². The van der Waals surface area contributed by atoms with E-state index in [0.29, 0.717) is 23.4 Å². The van der Waals surface area contributed by atoms with Crippen LogP contribution in [-0.4, -0.2) is 41.1 Å². The molecule has 4 aromatic carbocycles. The minimum Gasteiger partial charge on any atom is -0.457 e. The molecule has 0 fully saturated rings.